The molecule has 0 spiro atoms. The van der Waals surface area contributed by atoms with Crippen molar-refractivity contribution in [2.45, 2.75) is 32.4 Å². The molecule has 0 bridgehead atoms. The van der Waals surface area contributed by atoms with Crippen LogP contribution in [-0.4, -0.2) is 41.9 Å². The second kappa shape index (κ2) is 12.0. The molecule has 0 unspecified atom stereocenters. The summed E-state index contributed by atoms with van der Waals surface area (Å²) in [5.74, 6) is 1.01. The van der Waals surface area contributed by atoms with Gasteiger partial charge in [-0.3, -0.25) is 9.79 Å². The van der Waals surface area contributed by atoms with Gasteiger partial charge < -0.3 is 15.5 Å². The molecule has 156 valence electrons. The van der Waals surface area contributed by atoms with Crippen LogP contribution in [-0.2, 0) is 24.3 Å². The van der Waals surface area contributed by atoms with Crippen molar-refractivity contribution in [2.75, 3.05) is 20.1 Å². The number of likely N-dealkylation sites (tertiary alicyclic amines) is 1. The molecule has 6 nitrogen and oxygen atoms in total. The summed E-state index contributed by atoms with van der Waals surface area (Å²) in [4.78, 5) is 22.1. The highest BCUT2D eigenvalue weighted by atomic mass is 127. The number of halogens is 2. The molecule has 1 aliphatic heterocycles. The number of guanidine groups is 1. The SMILES string of the molecule is CN=C(NCCc1ccc(Cl)nc1)NCc1cccc(CN2CCCC2=O)c1.I. The normalized spacial score (nSPS) is 13.9. The van der Waals surface area contributed by atoms with E-state index in [1.807, 2.05) is 17.0 Å². The summed E-state index contributed by atoms with van der Waals surface area (Å²) >= 11 is 5.81. The fraction of sp³-hybridized carbons (Fsp3) is 0.381. The second-order valence-electron chi connectivity index (χ2n) is 6.83. The average Bonchev–Trinajstić information content (AvgIpc) is 3.11. The summed E-state index contributed by atoms with van der Waals surface area (Å²) in [5.41, 5.74) is 3.44. The maximum absolute atomic E-state index is 11.8. The van der Waals surface area contributed by atoms with E-state index in [0.29, 0.717) is 24.7 Å². The van der Waals surface area contributed by atoms with Gasteiger partial charge in [-0.2, -0.15) is 0 Å². The lowest BCUT2D eigenvalue weighted by Gasteiger charge is -2.16. The van der Waals surface area contributed by atoms with Gasteiger partial charge in [-0.25, -0.2) is 4.98 Å². The van der Waals surface area contributed by atoms with Gasteiger partial charge in [-0.15, -0.1) is 24.0 Å². The number of pyridine rings is 1. The summed E-state index contributed by atoms with van der Waals surface area (Å²) in [7, 11) is 1.76. The van der Waals surface area contributed by atoms with Crippen molar-refractivity contribution in [3.05, 3.63) is 64.4 Å². The third-order valence-corrected chi connectivity index (χ3v) is 4.94. The Morgan fingerprint density at radius 2 is 2.03 bits per heavy atom. The lowest BCUT2D eigenvalue weighted by molar-refractivity contribution is -0.128. The molecule has 8 heteroatoms. The van der Waals surface area contributed by atoms with Crippen molar-refractivity contribution < 1.29 is 4.79 Å². The summed E-state index contributed by atoms with van der Waals surface area (Å²) in [6.45, 7) is 2.97. The number of nitrogens with one attached hydrogen (secondary N) is 2. The number of aliphatic imine (C=N–C) groups is 1. The highest BCUT2D eigenvalue weighted by Gasteiger charge is 2.19. The Kier molecular flexibility index (Phi) is 9.66. The Balaban J connectivity index is 0.00000300. The first-order valence-electron chi connectivity index (χ1n) is 9.54. The largest absolute Gasteiger partial charge is 0.356 e. The van der Waals surface area contributed by atoms with Crippen molar-refractivity contribution in [3.63, 3.8) is 0 Å². The van der Waals surface area contributed by atoms with Crippen LogP contribution in [0.4, 0.5) is 0 Å². The number of hydrogen-bond donors (Lipinski definition) is 2. The van der Waals surface area contributed by atoms with Gasteiger partial charge >= 0.3 is 0 Å². The van der Waals surface area contributed by atoms with E-state index in [9.17, 15) is 4.79 Å². The van der Waals surface area contributed by atoms with E-state index in [2.05, 4.69) is 38.8 Å². The van der Waals surface area contributed by atoms with Crippen LogP contribution in [0.5, 0.6) is 0 Å². The minimum Gasteiger partial charge on any atom is -0.356 e. The Hall–Kier alpha value is -1.87. The fourth-order valence-electron chi connectivity index (χ4n) is 3.22. The van der Waals surface area contributed by atoms with E-state index in [-0.39, 0.29) is 29.9 Å². The van der Waals surface area contributed by atoms with Gasteiger partial charge in [-0.05, 0) is 35.6 Å². The number of aromatic nitrogens is 1. The number of carbonyl (C=O) groups is 1. The summed E-state index contributed by atoms with van der Waals surface area (Å²) in [6.07, 6.45) is 4.27. The van der Waals surface area contributed by atoms with Crippen LogP contribution in [0.3, 0.4) is 0 Å². The standard InChI is InChI=1S/C21H26ClN5O.HI/c1-23-21(24-10-9-16-7-8-19(22)25-13-16)26-14-17-4-2-5-18(12-17)15-27-11-3-6-20(27)28;/h2,4-5,7-8,12-13H,3,6,9-11,14-15H2,1H3,(H2,23,24,26);1H. The van der Waals surface area contributed by atoms with Gasteiger partial charge in [0.25, 0.3) is 0 Å². The molecule has 0 aliphatic carbocycles. The molecular weight excluding hydrogens is 501 g/mol. The molecular formula is C21H27ClIN5O. The predicted octanol–water partition coefficient (Wildman–Crippen LogP) is 3.38. The van der Waals surface area contributed by atoms with E-state index in [1.165, 1.54) is 0 Å². The molecule has 2 heterocycles. The number of nitrogens with zero attached hydrogens (tertiary/aromatic N) is 3. The smallest absolute Gasteiger partial charge is 0.222 e. The van der Waals surface area contributed by atoms with Crippen LogP contribution < -0.4 is 10.6 Å². The molecule has 2 aromatic rings. The maximum atomic E-state index is 11.8. The molecule has 1 aliphatic rings. The topological polar surface area (TPSA) is 69.6 Å². The molecule has 1 fully saturated rings. The van der Waals surface area contributed by atoms with Crippen LogP contribution in [0, 0.1) is 0 Å². The van der Waals surface area contributed by atoms with Crippen LogP contribution in [0.15, 0.2) is 47.6 Å². The van der Waals surface area contributed by atoms with Crippen molar-refractivity contribution in [2.24, 2.45) is 4.99 Å². The maximum Gasteiger partial charge on any atom is 0.222 e. The molecule has 0 saturated carbocycles. The van der Waals surface area contributed by atoms with Crippen molar-refractivity contribution in [1.82, 2.24) is 20.5 Å². The van der Waals surface area contributed by atoms with Gasteiger partial charge in [0.1, 0.15) is 5.15 Å². The Labute approximate surface area is 194 Å². The first-order chi connectivity index (χ1) is 13.6. The Bertz CT molecular complexity index is 828. The lowest BCUT2D eigenvalue weighted by atomic mass is 10.1. The zero-order valence-corrected chi connectivity index (χ0v) is 19.6. The van der Waals surface area contributed by atoms with Gasteiger partial charge in [0, 0.05) is 45.8 Å². The fourth-order valence-corrected chi connectivity index (χ4v) is 3.33. The van der Waals surface area contributed by atoms with E-state index in [0.717, 1.165) is 48.6 Å². The quantitative estimate of drug-likeness (QED) is 0.251. The molecule has 0 radical (unpaired) electrons. The van der Waals surface area contributed by atoms with Crippen LogP contribution in [0.1, 0.15) is 29.5 Å². The molecule has 1 aromatic heterocycles. The number of benzene rings is 1. The van der Waals surface area contributed by atoms with Crippen molar-refractivity contribution in [3.8, 4) is 0 Å². The third kappa shape index (κ3) is 7.47. The monoisotopic (exact) mass is 527 g/mol. The number of hydrogen-bond acceptors (Lipinski definition) is 3. The molecule has 1 saturated heterocycles. The molecule has 1 aromatic carbocycles. The molecule has 3 rings (SSSR count). The lowest BCUT2D eigenvalue weighted by Crippen LogP contribution is -2.37. The second-order valence-corrected chi connectivity index (χ2v) is 7.22. The average molecular weight is 528 g/mol. The third-order valence-electron chi connectivity index (χ3n) is 4.71. The van der Waals surface area contributed by atoms with Gasteiger partial charge in [0.05, 0.1) is 0 Å². The van der Waals surface area contributed by atoms with Crippen LogP contribution in [0.2, 0.25) is 5.15 Å². The first-order valence-corrected chi connectivity index (χ1v) is 9.92. The van der Waals surface area contributed by atoms with Crippen molar-refractivity contribution >= 4 is 47.4 Å². The zero-order chi connectivity index (χ0) is 19.8. The summed E-state index contributed by atoms with van der Waals surface area (Å²) in [5, 5.41) is 7.14. The molecule has 29 heavy (non-hydrogen) atoms. The summed E-state index contributed by atoms with van der Waals surface area (Å²) in [6, 6.07) is 12.1. The van der Waals surface area contributed by atoms with Gasteiger partial charge in [0.2, 0.25) is 5.91 Å². The number of carbonyl (C=O) groups excluding carboxylic acids is 1. The zero-order valence-electron chi connectivity index (χ0n) is 16.5. The van der Waals surface area contributed by atoms with E-state index in [1.54, 1.807) is 19.3 Å². The van der Waals surface area contributed by atoms with E-state index in [4.69, 9.17) is 11.6 Å². The Morgan fingerprint density at radius 3 is 2.72 bits per heavy atom. The minimum atomic E-state index is 0. The molecule has 0 atom stereocenters. The van der Waals surface area contributed by atoms with Gasteiger partial charge in [0.15, 0.2) is 5.96 Å². The van der Waals surface area contributed by atoms with Crippen molar-refractivity contribution in [1.29, 1.82) is 0 Å². The first kappa shape index (κ1) is 23.4. The van der Waals surface area contributed by atoms with Crippen LogP contribution in [0.25, 0.3) is 0 Å². The number of amides is 1. The highest BCUT2D eigenvalue weighted by molar-refractivity contribution is 14.0. The molecule has 1 amide bonds. The van der Waals surface area contributed by atoms with Gasteiger partial charge in [-0.1, -0.05) is 41.9 Å². The number of rotatable bonds is 7. The Morgan fingerprint density at radius 1 is 1.21 bits per heavy atom. The highest BCUT2D eigenvalue weighted by Crippen LogP contribution is 2.15. The summed E-state index contributed by atoms with van der Waals surface area (Å²) < 4.78 is 0. The van der Waals surface area contributed by atoms with E-state index < -0.39 is 0 Å². The minimum absolute atomic E-state index is 0. The van der Waals surface area contributed by atoms with Crippen LogP contribution >= 0.6 is 35.6 Å². The predicted molar refractivity (Wildman–Crippen MR) is 128 cm³/mol. The molecule has 2 N–H and O–H groups in total. The van der Waals surface area contributed by atoms with E-state index >= 15 is 0 Å².